The number of methoxy groups -OCH3 is 1. The molecule has 0 fully saturated rings. The SMILES string of the molecule is COc1ccc(Cc2nc(C)cc(Cl)n2)cc1[N+](=O)[O-].Cl. The first kappa shape index (κ1) is 17.1. The molecule has 0 atom stereocenters. The molecule has 0 aliphatic heterocycles. The highest BCUT2D eigenvalue weighted by Gasteiger charge is 2.15. The van der Waals surface area contributed by atoms with Crippen molar-refractivity contribution in [2.45, 2.75) is 13.3 Å². The van der Waals surface area contributed by atoms with Crippen LogP contribution in [0.1, 0.15) is 17.1 Å². The van der Waals surface area contributed by atoms with E-state index in [0.717, 1.165) is 11.3 Å². The topological polar surface area (TPSA) is 78.2 Å². The summed E-state index contributed by atoms with van der Waals surface area (Å²) in [5.41, 5.74) is 1.39. The van der Waals surface area contributed by atoms with Crippen molar-refractivity contribution in [2.75, 3.05) is 7.11 Å². The predicted octanol–water partition coefficient (Wildman–Crippen LogP) is 3.37. The van der Waals surface area contributed by atoms with Crippen LogP contribution in [0.3, 0.4) is 0 Å². The zero-order chi connectivity index (χ0) is 14.7. The van der Waals surface area contributed by atoms with Crippen molar-refractivity contribution in [3.8, 4) is 5.75 Å². The van der Waals surface area contributed by atoms with Gasteiger partial charge >= 0.3 is 5.69 Å². The molecule has 0 saturated heterocycles. The van der Waals surface area contributed by atoms with Crippen LogP contribution in [0.25, 0.3) is 0 Å². The molecule has 21 heavy (non-hydrogen) atoms. The Bertz CT molecular complexity index is 645. The number of rotatable bonds is 4. The third kappa shape index (κ3) is 4.27. The van der Waals surface area contributed by atoms with Gasteiger partial charge in [0.1, 0.15) is 11.0 Å². The van der Waals surface area contributed by atoms with E-state index >= 15 is 0 Å². The van der Waals surface area contributed by atoms with Crippen molar-refractivity contribution in [3.05, 3.63) is 56.6 Å². The van der Waals surface area contributed by atoms with Crippen molar-refractivity contribution < 1.29 is 9.66 Å². The smallest absolute Gasteiger partial charge is 0.311 e. The Kier molecular flexibility index (Phi) is 5.87. The van der Waals surface area contributed by atoms with Crippen molar-refractivity contribution >= 4 is 29.7 Å². The zero-order valence-corrected chi connectivity index (χ0v) is 12.9. The summed E-state index contributed by atoms with van der Waals surface area (Å²) in [7, 11) is 1.39. The first-order valence-electron chi connectivity index (χ1n) is 5.81. The lowest BCUT2D eigenvalue weighted by Gasteiger charge is -2.05. The van der Waals surface area contributed by atoms with Gasteiger partial charge in [-0.3, -0.25) is 10.1 Å². The van der Waals surface area contributed by atoms with E-state index in [-0.39, 0.29) is 23.8 Å². The molecule has 1 heterocycles. The molecule has 6 nitrogen and oxygen atoms in total. The minimum absolute atomic E-state index is 0. The van der Waals surface area contributed by atoms with Crippen molar-refractivity contribution in [2.24, 2.45) is 0 Å². The van der Waals surface area contributed by atoms with Gasteiger partial charge in [-0.25, -0.2) is 9.97 Å². The summed E-state index contributed by atoms with van der Waals surface area (Å²) in [6.45, 7) is 1.81. The number of nitro groups is 1. The number of hydrogen-bond acceptors (Lipinski definition) is 5. The minimum Gasteiger partial charge on any atom is -0.490 e. The predicted molar refractivity (Wildman–Crippen MR) is 81.5 cm³/mol. The summed E-state index contributed by atoms with van der Waals surface area (Å²) in [6.07, 6.45) is 0.367. The fraction of sp³-hybridized carbons (Fsp3) is 0.231. The van der Waals surface area contributed by atoms with Gasteiger partial charge in [0.25, 0.3) is 0 Å². The molecular formula is C13H13Cl2N3O3. The molecule has 0 saturated carbocycles. The van der Waals surface area contributed by atoms with Gasteiger partial charge in [0.2, 0.25) is 0 Å². The summed E-state index contributed by atoms with van der Waals surface area (Å²) in [4.78, 5) is 18.8. The molecule has 8 heteroatoms. The van der Waals surface area contributed by atoms with E-state index in [1.807, 2.05) is 6.92 Å². The van der Waals surface area contributed by atoms with E-state index < -0.39 is 4.92 Å². The molecule has 2 rings (SSSR count). The molecule has 0 aliphatic rings. The van der Waals surface area contributed by atoms with Crippen LogP contribution in [0.5, 0.6) is 5.75 Å². The Balaban J connectivity index is 0.00000220. The van der Waals surface area contributed by atoms with Crippen LogP contribution in [0.4, 0.5) is 5.69 Å². The molecule has 0 bridgehead atoms. The second kappa shape index (κ2) is 7.19. The number of aromatic nitrogens is 2. The fourth-order valence-corrected chi connectivity index (χ4v) is 2.09. The number of hydrogen-bond donors (Lipinski definition) is 0. The van der Waals surface area contributed by atoms with Crippen molar-refractivity contribution in [3.63, 3.8) is 0 Å². The second-order valence-corrected chi connectivity index (χ2v) is 4.58. The Morgan fingerprint density at radius 1 is 1.33 bits per heavy atom. The summed E-state index contributed by atoms with van der Waals surface area (Å²) >= 11 is 5.87. The van der Waals surface area contributed by atoms with E-state index in [1.54, 1.807) is 18.2 Å². The number of nitro benzene ring substituents is 1. The molecule has 0 aliphatic carbocycles. The van der Waals surface area contributed by atoms with Gasteiger partial charge in [0, 0.05) is 18.2 Å². The van der Waals surface area contributed by atoms with Crippen LogP contribution in [0.15, 0.2) is 24.3 Å². The first-order valence-corrected chi connectivity index (χ1v) is 6.18. The van der Waals surface area contributed by atoms with E-state index in [4.69, 9.17) is 16.3 Å². The summed E-state index contributed by atoms with van der Waals surface area (Å²) < 4.78 is 4.96. The third-order valence-corrected chi connectivity index (χ3v) is 2.87. The standard InChI is InChI=1S/C13H12ClN3O3.ClH/c1-8-5-12(14)16-13(15-8)7-9-3-4-11(20-2)10(6-9)17(18)19;/h3-6H,7H2,1-2H3;1H. The van der Waals surface area contributed by atoms with Crippen LogP contribution in [-0.4, -0.2) is 22.0 Å². The van der Waals surface area contributed by atoms with E-state index in [0.29, 0.717) is 17.4 Å². The van der Waals surface area contributed by atoms with Crippen LogP contribution in [0.2, 0.25) is 5.15 Å². The molecule has 1 aromatic heterocycles. The lowest BCUT2D eigenvalue weighted by molar-refractivity contribution is -0.385. The maximum absolute atomic E-state index is 11.0. The highest BCUT2D eigenvalue weighted by atomic mass is 35.5. The molecule has 0 radical (unpaired) electrons. The Morgan fingerprint density at radius 2 is 2.05 bits per heavy atom. The fourth-order valence-electron chi connectivity index (χ4n) is 1.84. The van der Waals surface area contributed by atoms with Crippen molar-refractivity contribution in [1.82, 2.24) is 9.97 Å². The quantitative estimate of drug-likeness (QED) is 0.488. The maximum atomic E-state index is 11.0. The average Bonchev–Trinajstić information content (AvgIpc) is 2.37. The van der Waals surface area contributed by atoms with E-state index in [2.05, 4.69) is 9.97 Å². The molecule has 0 amide bonds. The number of ether oxygens (including phenoxy) is 1. The van der Waals surface area contributed by atoms with Crippen LogP contribution in [0, 0.1) is 17.0 Å². The molecule has 0 unspecified atom stereocenters. The zero-order valence-electron chi connectivity index (χ0n) is 11.4. The Labute approximate surface area is 132 Å². The van der Waals surface area contributed by atoms with Crippen LogP contribution in [-0.2, 0) is 6.42 Å². The summed E-state index contributed by atoms with van der Waals surface area (Å²) in [5, 5.41) is 11.3. The molecule has 112 valence electrons. The molecular weight excluding hydrogens is 317 g/mol. The Hall–Kier alpha value is -1.92. The third-order valence-electron chi connectivity index (χ3n) is 2.67. The highest BCUT2D eigenvalue weighted by molar-refractivity contribution is 6.29. The molecule has 2 aromatic rings. The number of aryl methyl sites for hydroxylation is 1. The lowest BCUT2D eigenvalue weighted by Crippen LogP contribution is -2.00. The number of halogens is 2. The van der Waals surface area contributed by atoms with Gasteiger partial charge in [-0.05, 0) is 24.6 Å². The van der Waals surface area contributed by atoms with Crippen molar-refractivity contribution in [1.29, 1.82) is 0 Å². The van der Waals surface area contributed by atoms with Gasteiger partial charge in [-0.15, -0.1) is 12.4 Å². The monoisotopic (exact) mass is 329 g/mol. The Morgan fingerprint density at radius 3 is 2.62 bits per heavy atom. The molecule has 0 spiro atoms. The van der Waals surface area contributed by atoms with E-state index in [9.17, 15) is 10.1 Å². The number of benzene rings is 1. The minimum atomic E-state index is -0.480. The number of nitrogens with zero attached hydrogens (tertiary/aromatic N) is 3. The first-order chi connectivity index (χ1) is 9.49. The van der Waals surface area contributed by atoms with Gasteiger partial charge in [-0.1, -0.05) is 17.7 Å². The maximum Gasteiger partial charge on any atom is 0.311 e. The summed E-state index contributed by atoms with van der Waals surface area (Å²) in [6, 6.07) is 6.41. The normalized spacial score (nSPS) is 9.86. The summed E-state index contributed by atoms with van der Waals surface area (Å²) in [5.74, 6) is 0.747. The van der Waals surface area contributed by atoms with Gasteiger partial charge in [-0.2, -0.15) is 0 Å². The largest absolute Gasteiger partial charge is 0.490 e. The van der Waals surface area contributed by atoms with E-state index in [1.165, 1.54) is 13.2 Å². The average molecular weight is 330 g/mol. The van der Waals surface area contributed by atoms with Gasteiger partial charge in [0.05, 0.1) is 12.0 Å². The van der Waals surface area contributed by atoms with Gasteiger partial charge < -0.3 is 4.74 Å². The molecule has 0 N–H and O–H groups in total. The second-order valence-electron chi connectivity index (χ2n) is 4.19. The lowest BCUT2D eigenvalue weighted by atomic mass is 10.1. The van der Waals surface area contributed by atoms with Gasteiger partial charge in [0.15, 0.2) is 5.75 Å². The van der Waals surface area contributed by atoms with Crippen LogP contribution < -0.4 is 4.74 Å². The highest BCUT2D eigenvalue weighted by Crippen LogP contribution is 2.28. The molecule has 1 aromatic carbocycles. The van der Waals surface area contributed by atoms with Crippen LogP contribution >= 0.6 is 24.0 Å².